The second-order valence-electron chi connectivity index (χ2n) is 5.88. The summed E-state index contributed by atoms with van der Waals surface area (Å²) in [5, 5.41) is 3.74. The van der Waals surface area contributed by atoms with Gasteiger partial charge in [-0.2, -0.15) is 4.98 Å². The van der Waals surface area contributed by atoms with E-state index in [-0.39, 0.29) is 36.0 Å². The van der Waals surface area contributed by atoms with Gasteiger partial charge in [-0.1, -0.05) is 47.1 Å². The zero-order valence-corrected chi connectivity index (χ0v) is 15.0. The minimum Gasteiger partial charge on any atom is -0.339 e. The number of hydrogen-bond donors (Lipinski definition) is 1. The van der Waals surface area contributed by atoms with Gasteiger partial charge in [0, 0.05) is 13.0 Å². The second kappa shape index (κ2) is 7.76. The van der Waals surface area contributed by atoms with Gasteiger partial charge in [0.1, 0.15) is 5.82 Å². The Morgan fingerprint density at radius 1 is 1.12 bits per heavy atom. The Morgan fingerprint density at radius 3 is 2.58 bits per heavy atom. The molecule has 1 aromatic heterocycles. The highest BCUT2D eigenvalue weighted by Gasteiger charge is 2.14. The SMILES string of the molecule is Cc1ccc(CS(=O)(=O)NCCc2nc(-c3ccccc3F)no2)cc1. The summed E-state index contributed by atoms with van der Waals surface area (Å²) >= 11 is 0. The molecule has 0 saturated carbocycles. The van der Waals surface area contributed by atoms with Crippen LogP contribution in [-0.4, -0.2) is 25.1 Å². The van der Waals surface area contributed by atoms with Crippen molar-refractivity contribution in [1.82, 2.24) is 14.9 Å². The summed E-state index contributed by atoms with van der Waals surface area (Å²) < 4.78 is 45.5. The van der Waals surface area contributed by atoms with Crippen LogP contribution < -0.4 is 4.72 Å². The third-order valence-corrected chi connectivity index (χ3v) is 5.08. The van der Waals surface area contributed by atoms with E-state index in [9.17, 15) is 12.8 Å². The normalized spacial score (nSPS) is 11.6. The lowest BCUT2D eigenvalue weighted by atomic mass is 10.2. The van der Waals surface area contributed by atoms with Crippen LogP contribution in [0, 0.1) is 12.7 Å². The van der Waals surface area contributed by atoms with Gasteiger partial charge in [0.2, 0.25) is 21.7 Å². The summed E-state index contributed by atoms with van der Waals surface area (Å²) in [5.74, 6) is -0.169. The quantitative estimate of drug-likeness (QED) is 0.686. The molecule has 26 heavy (non-hydrogen) atoms. The molecule has 0 aliphatic rings. The number of benzene rings is 2. The standard InChI is InChI=1S/C18H18FN3O3S/c1-13-6-8-14(9-7-13)12-26(23,24)20-11-10-17-21-18(22-25-17)15-4-2-3-5-16(15)19/h2-9,20H,10-12H2,1H3. The third kappa shape index (κ3) is 4.74. The van der Waals surface area contributed by atoms with Crippen molar-refractivity contribution in [2.75, 3.05) is 6.54 Å². The molecule has 0 bridgehead atoms. The molecule has 8 heteroatoms. The maximum absolute atomic E-state index is 13.7. The number of halogens is 1. The van der Waals surface area contributed by atoms with E-state index >= 15 is 0 Å². The van der Waals surface area contributed by atoms with Crippen LogP contribution in [0.15, 0.2) is 53.1 Å². The van der Waals surface area contributed by atoms with Crippen LogP contribution in [0.4, 0.5) is 4.39 Å². The number of nitrogens with zero attached hydrogens (tertiary/aromatic N) is 2. The predicted octanol–water partition coefficient (Wildman–Crippen LogP) is 2.85. The Balaban J connectivity index is 1.56. The Morgan fingerprint density at radius 2 is 1.85 bits per heavy atom. The first-order chi connectivity index (χ1) is 12.4. The Labute approximate surface area is 151 Å². The number of sulfonamides is 1. The summed E-state index contributed by atoms with van der Waals surface area (Å²) in [6.07, 6.45) is 0.217. The van der Waals surface area contributed by atoms with Crippen molar-refractivity contribution in [2.24, 2.45) is 0 Å². The van der Waals surface area contributed by atoms with Crippen molar-refractivity contribution in [2.45, 2.75) is 19.1 Å². The monoisotopic (exact) mass is 375 g/mol. The Bertz CT molecular complexity index is 985. The summed E-state index contributed by atoms with van der Waals surface area (Å²) in [4.78, 5) is 4.10. The molecule has 3 aromatic rings. The summed E-state index contributed by atoms with van der Waals surface area (Å²) in [6, 6.07) is 13.4. The summed E-state index contributed by atoms with van der Waals surface area (Å²) in [7, 11) is -3.47. The minimum atomic E-state index is -3.47. The number of hydrogen-bond acceptors (Lipinski definition) is 5. The van der Waals surface area contributed by atoms with Crippen LogP contribution >= 0.6 is 0 Å². The molecule has 0 spiro atoms. The zero-order valence-electron chi connectivity index (χ0n) is 14.1. The van der Waals surface area contributed by atoms with Crippen molar-refractivity contribution in [1.29, 1.82) is 0 Å². The van der Waals surface area contributed by atoms with Crippen LogP contribution in [0.1, 0.15) is 17.0 Å². The second-order valence-corrected chi connectivity index (χ2v) is 7.69. The number of rotatable bonds is 7. The maximum atomic E-state index is 13.7. The van der Waals surface area contributed by atoms with E-state index < -0.39 is 15.8 Å². The fourth-order valence-electron chi connectivity index (χ4n) is 2.38. The van der Waals surface area contributed by atoms with Gasteiger partial charge in [-0.25, -0.2) is 17.5 Å². The van der Waals surface area contributed by atoms with Crippen molar-refractivity contribution in [3.8, 4) is 11.4 Å². The average molecular weight is 375 g/mol. The van der Waals surface area contributed by atoms with Crippen LogP contribution in [0.5, 0.6) is 0 Å². The van der Waals surface area contributed by atoms with E-state index in [0.29, 0.717) is 5.56 Å². The Hall–Kier alpha value is -2.58. The molecule has 0 unspecified atom stereocenters. The lowest BCUT2D eigenvalue weighted by Gasteiger charge is -2.06. The number of nitrogens with one attached hydrogen (secondary N) is 1. The first-order valence-corrected chi connectivity index (χ1v) is 9.68. The fourth-order valence-corrected chi connectivity index (χ4v) is 3.52. The van der Waals surface area contributed by atoms with Crippen molar-refractivity contribution in [3.05, 3.63) is 71.4 Å². The van der Waals surface area contributed by atoms with E-state index in [4.69, 9.17) is 4.52 Å². The molecule has 1 heterocycles. The summed E-state index contributed by atoms with van der Waals surface area (Å²) in [5.41, 5.74) is 2.02. The third-order valence-electron chi connectivity index (χ3n) is 3.72. The molecule has 0 radical (unpaired) electrons. The molecule has 0 saturated heterocycles. The maximum Gasteiger partial charge on any atom is 0.228 e. The molecule has 0 aliphatic heterocycles. The highest BCUT2D eigenvalue weighted by molar-refractivity contribution is 7.88. The van der Waals surface area contributed by atoms with Gasteiger partial charge in [0.05, 0.1) is 11.3 Å². The average Bonchev–Trinajstić information content (AvgIpc) is 3.05. The minimum absolute atomic E-state index is 0.0996. The molecule has 0 fully saturated rings. The number of aromatic nitrogens is 2. The lowest BCUT2D eigenvalue weighted by molar-refractivity contribution is 0.378. The van der Waals surface area contributed by atoms with Gasteiger partial charge in [-0.05, 0) is 24.6 Å². The molecule has 3 rings (SSSR count). The largest absolute Gasteiger partial charge is 0.339 e. The molecular formula is C18H18FN3O3S. The molecule has 0 atom stereocenters. The van der Waals surface area contributed by atoms with E-state index in [1.807, 2.05) is 19.1 Å². The van der Waals surface area contributed by atoms with Crippen LogP contribution in [-0.2, 0) is 22.2 Å². The predicted molar refractivity (Wildman–Crippen MR) is 95.2 cm³/mol. The van der Waals surface area contributed by atoms with Gasteiger partial charge in [0.15, 0.2) is 0 Å². The fraction of sp³-hybridized carbons (Fsp3) is 0.222. The van der Waals surface area contributed by atoms with E-state index in [1.165, 1.54) is 6.07 Å². The molecule has 0 aliphatic carbocycles. The van der Waals surface area contributed by atoms with Crippen LogP contribution in [0.25, 0.3) is 11.4 Å². The van der Waals surface area contributed by atoms with Gasteiger partial charge in [-0.3, -0.25) is 0 Å². The lowest BCUT2D eigenvalue weighted by Crippen LogP contribution is -2.27. The number of aryl methyl sites for hydroxylation is 1. The van der Waals surface area contributed by atoms with Gasteiger partial charge in [-0.15, -0.1) is 0 Å². The first kappa shape index (κ1) is 18.2. The first-order valence-electron chi connectivity index (χ1n) is 8.03. The highest BCUT2D eigenvalue weighted by atomic mass is 32.2. The Kier molecular flexibility index (Phi) is 5.43. The van der Waals surface area contributed by atoms with E-state index in [1.54, 1.807) is 30.3 Å². The zero-order chi connectivity index (χ0) is 18.6. The van der Waals surface area contributed by atoms with Crippen molar-refractivity contribution >= 4 is 10.0 Å². The van der Waals surface area contributed by atoms with Crippen molar-refractivity contribution in [3.63, 3.8) is 0 Å². The smallest absolute Gasteiger partial charge is 0.228 e. The van der Waals surface area contributed by atoms with Crippen molar-refractivity contribution < 1.29 is 17.3 Å². The van der Waals surface area contributed by atoms with Crippen LogP contribution in [0.2, 0.25) is 0 Å². The molecular weight excluding hydrogens is 357 g/mol. The summed E-state index contributed by atoms with van der Waals surface area (Å²) in [6.45, 7) is 2.06. The van der Waals surface area contributed by atoms with E-state index in [0.717, 1.165) is 5.56 Å². The van der Waals surface area contributed by atoms with Crippen LogP contribution in [0.3, 0.4) is 0 Å². The van der Waals surface area contributed by atoms with E-state index in [2.05, 4.69) is 14.9 Å². The molecule has 6 nitrogen and oxygen atoms in total. The van der Waals surface area contributed by atoms with Gasteiger partial charge in [0.25, 0.3) is 0 Å². The van der Waals surface area contributed by atoms with Gasteiger partial charge >= 0.3 is 0 Å². The topological polar surface area (TPSA) is 85.1 Å². The highest BCUT2D eigenvalue weighted by Crippen LogP contribution is 2.19. The molecule has 1 N–H and O–H groups in total. The molecule has 0 amide bonds. The molecule has 136 valence electrons. The molecule has 2 aromatic carbocycles. The van der Waals surface area contributed by atoms with Gasteiger partial charge < -0.3 is 4.52 Å².